The number of unbranched alkanes of at least 4 members (excludes halogenated alkanes) is 7. The van der Waals surface area contributed by atoms with Gasteiger partial charge in [0, 0.05) is 17.8 Å². The predicted molar refractivity (Wildman–Crippen MR) is 104 cm³/mol. The van der Waals surface area contributed by atoms with E-state index in [0.717, 1.165) is 51.4 Å². The van der Waals surface area contributed by atoms with Crippen molar-refractivity contribution in [3.05, 3.63) is 32.4 Å². The van der Waals surface area contributed by atoms with E-state index in [1.807, 2.05) is 0 Å². The summed E-state index contributed by atoms with van der Waals surface area (Å²) in [6, 6.07) is -0.851. The smallest absolute Gasteiger partial charge is 0.295 e. The Hall–Kier alpha value is -1.99. The molecule has 0 aliphatic heterocycles. The summed E-state index contributed by atoms with van der Waals surface area (Å²) in [4.78, 5) is 37.0. The minimum absolute atomic E-state index is 0.190. The molecule has 0 aliphatic carbocycles. The third kappa shape index (κ3) is 15.9. The SMILES string of the molecule is CCCCCCC(/C=C/C(CCCCCCCC(C)=O)[N+](=O)[O-])O[N+](=O)[O-]. The second-order valence-corrected chi connectivity index (χ2v) is 6.96. The number of hydrogen-bond acceptors (Lipinski definition) is 6. The normalized spacial score (nSPS) is 13.4. The molecule has 0 aromatic heterocycles. The van der Waals surface area contributed by atoms with Gasteiger partial charge >= 0.3 is 0 Å². The van der Waals surface area contributed by atoms with Crippen LogP contribution < -0.4 is 0 Å². The number of nitro groups is 1. The van der Waals surface area contributed by atoms with Gasteiger partial charge in [-0.2, -0.15) is 0 Å². The van der Waals surface area contributed by atoms with Crippen molar-refractivity contribution in [1.82, 2.24) is 0 Å². The van der Waals surface area contributed by atoms with E-state index in [4.69, 9.17) is 0 Å². The predicted octanol–water partition coefficient (Wildman–Crippen LogP) is 5.05. The van der Waals surface area contributed by atoms with Gasteiger partial charge in [0.1, 0.15) is 11.9 Å². The second-order valence-electron chi connectivity index (χ2n) is 6.96. The fourth-order valence-corrected chi connectivity index (χ4v) is 2.85. The molecule has 0 fully saturated rings. The Balaban J connectivity index is 4.32. The fourth-order valence-electron chi connectivity index (χ4n) is 2.85. The first-order valence-corrected chi connectivity index (χ1v) is 9.99. The van der Waals surface area contributed by atoms with Gasteiger partial charge in [-0.3, -0.25) is 10.1 Å². The number of carbonyl (C=O) groups is 1. The Bertz CT molecular complexity index is 467. The summed E-state index contributed by atoms with van der Waals surface area (Å²) in [6.45, 7) is 3.66. The van der Waals surface area contributed by atoms with Crippen molar-refractivity contribution in [2.75, 3.05) is 0 Å². The number of rotatable bonds is 18. The number of carbonyl (C=O) groups excluding carboxylic acids is 1. The molecule has 0 aromatic carbocycles. The minimum Gasteiger partial charge on any atom is -0.306 e. The molecule has 8 heteroatoms. The maximum Gasteiger partial charge on any atom is 0.295 e. The molecule has 0 saturated heterocycles. The highest BCUT2D eigenvalue weighted by atomic mass is 17.0. The Morgan fingerprint density at radius 3 is 2.11 bits per heavy atom. The molecule has 0 radical (unpaired) electrons. The van der Waals surface area contributed by atoms with Gasteiger partial charge in [0.05, 0.1) is 0 Å². The highest BCUT2D eigenvalue weighted by molar-refractivity contribution is 5.75. The number of nitrogens with zero attached hydrogens (tertiary/aromatic N) is 2. The lowest BCUT2D eigenvalue weighted by Gasteiger charge is -2.11. The zero-order valence-electron chi connectivity index (χ0n) is 16.6. The zero-order valence-corrected chi connectivity index (χ0v) is 16.6. The largest absolute Gasteiger partial charge is 0.306 e. The molecule has 27 heavy (non-hydrogen) atoms. The maximum absolute atomic E-state index is 11.2. The van der Waals surface area contributed by atoms with Crippen LogP contribution in [-0.4, -0.2) is 27.9 Å². The van der Waals surface area contributed by atoms with E-state index in [9.17, 15) is 25.0 Å². The molecule has 0 spiro atoms. The summed E-state index contributed by atoms with van der Waals surface area (Å²) in [5.74, 6) is 0.190. The topological polar surface area (TPSA) is 113 Å². The quantitative estimate of drug-likeness (QED) is 0.141. The summed E-state index contributed by atoms with van der Waals surface area (Å²) < 4.78 is 0. The second kappa shape index (κ2) is 16.2. The van der Waals surface area contributed by atoms with Crippen molar-refractivity contribution in [1.29, 1.82) is 0 Å². The van der Waals surface area contributed by atoms with Gasteiger partial charge in [0.2, 0.25) is 6.04 Å². The lowest BCUT2D eigenvalue weighted by atomic mass is 10.0. The van der Waals surface area contributed by atoms with Crippen LogP contribution in [0.15, 0.2) is 12.2 Å². The van der Waals surface area contributed by atoms with Gasteiger partial charge in [0.25, 0.3) is 5.09 Å². The molecule has 0 amide bonds. The van der Waals surface area contributed by atoms with E-state index in [2.05, 4.69) is 11.8 Å². The third-order valence-electron chi connectivity index (χ3n) is 4.41. The molecule has 0 saturated carbocycles. The van der Waals surface area contributed by atoms with Crippen molar-refractivity contribution >= 4 is 5.78 Å². The zero-order chi connectivity index (χ0) is 20.5. The Kier molecular flexibility index (Phi) is 15.0. The molecular weight excluding hydrogens is 352 g/mol. The van der Waals surface area contributed by atoms with Crippen LogP contribution in [0.25, 0.3) is 0 Å². The van der Waals surface area contributed by atoms with Crippen LogP contribution in [0.2, 0.25) is 0 Å². The van der Waals surface area contributed by atoms with Gasteiger partial charge in [-0.1, -0.05) is 57.9 Å². The van der Waals surface area contributed by atoms with Crippen molar-refractivity contribution in [3.8, 4) is 0 Å². The Labute approximate surface area is 161 Å². The average Bonchev–Trinajstić information content (AvgIpc) is 2.58. The van der Waals surface area contributed by atoms with Gasteiger partial charge in [-0.15, -0.1) is 10.1 Å². The molecule has 0 heterocycles. The maximum atomic E-state index is 11.2. The molecule has 0 aliphatic rings. The van der Waals surface area contributed by atoms with E-state index in [1.165, 1.54) is 12.2 Å². The standard InChI is InChI=1S/C19H34N2O6/c1-3-4-5-11-14-19(27-21(25)26)16-15-18(20(23)24)13-10-8-6-7-9-12-17(2)22/h15-16,18-19H,3-14H2,1-2H3/b16-15+. The van der Waals surface area contributed by atoms with Crippen LogP contribution in [0.5, 0.6) is 0 Å². The van der Waals surface area contributed by atoms with Crippen LogP contribution in [0.4, 0.5) is 0 Å². The fraction of sp³-hybridized carbons (Fsp3) is 0.842. The Morgan fingerprint density at radius 2 is 1.52 bits per heavy atom. The van der Waals surface area contributed by atoms with Gasteiger partial charge in [-0.05, 0) is 32.3 Å². The summed E-state index contributed by atoms with van der Waals surface area (Å²) in [7, 11) is 0. The molecule has 0 rings (SSSR count). The molecule has 0 N–H and O–H groups in total. The Morgan fingerprint density at radius 1 is 0.926 bits per heavy atom. The number of ketones is 1. The van der Waals surface area contributed by atoms with Crippen LogP contribution in [0.3, 0.4) is 0 Å². The average molecular weight is 386 g/mol. The van der Waals surface area contributed by atoms with Crippen molar-refractivity contribution in [3.63, 3.8) is 0 Å². The third-order valence-corrected chi connectivity index (χ3v) is 4.41. The van der Waals surface area contributed by atoms with Crippen molar-refractivity contribution < 1.29 is 19.6 Å². The lowest BCUT2D eigenvalue weighted by molar-refractivity contribution is -0.765. The van der Waals surface area contributed by atoms with E-state index in [1.54, 1.807) is 6.92 Å². The lowest BCUT2D eigenvalue weighted by Crippen LogP contribution is -2.19. The molecule has 0 aromatic rings. The van der Waals surface area contributed by atoms with E-state index < -0.39 is 17.2 Å². The summed E-state index contributed by atoms with van der Waals surface area (Å²) in [5, 5.41) is 21.0. The molecule has 0 bridgehead atoms. The number of Topliss-reactive ketones (excluding diaryl/α,β-unsaturated/α-hetero) is 1. The van der Waals surface area contributed by atoms with Crippen molar-refractivity contribution in [2.45, 2.75) is 103 Å². The summed E-state index contributed by atoms with van der Waals surface area (Å²) in [5.41, 5.74) is 0. The monoisotopic (exact) mass is 386 g/mol. The van der Waals surface area contributed by atoms with E-state index in [0.29, 0.717) is 25.7 Å². The van der Waals surface area contributed by atoms with Crippen LogP contribution >= 0.6 is 0 Å². The molecule has 156 valence electrons. The molecule has 2 unspecified atom stereocenters. The highest BCUT2D eigenvalue weighted by Crippen LogP contribution is 2.14. The van der Waals surface area contributed by atoms with E-state index in [-0.39, 0.29) is 10.7 Å². The molecule has 8 nitrogen and oxygen atoms in total. The van der Waals surface area contributed by atoms with Crippen molar-refractivity contribution in [2.24, 2.45) is 0 Å². The first-order chi connectivity index (χ1) is 12.9. The van der Waals surface area contributed by atoms with Gasteiger partial charge < -0.3 is 9.63 Å². The molecule has 2 atom stereocenters. The van der Waals surface area contributed by atoms with Gasteiger partial charge in [-0.25, -0.2) is 0 Å². The number of hydrogen-bond donors (Lipinski definition) is 0. The van der Waals surface area contributed by atoms with Crippen LogP contribution in [-0.2, 0) is 9.63 Å². The first-order valence-electron chi connectivity index (χ1n) is 9.99. The summed E-state index contributed by atoms with van der Waals surface area (Å²) >= 11 is 0. The summed E-state index contributed by atoms with van der Waals surface area (Å²) in [6.07, 6.45) is 11.9. The molecular formula is C19H34N2O6. The van der Waals surface area contributed by atoms with E-state index >= 15 is 0 Å². The van der Waals surface area contributed by atoms with Crippen LogP contribution in [0, 0.1) is 20.2 Å². The highest BCUT2D eigenvalue weighted by Gasteiger charge is 2.17. The van der Waals surface area contributed by atoms with Gasteiger partial charge in [0.15, 0.2) is 0 Å². The van der Waals surface area contributed by atoms with Crippen LogP contribution in [0.1, 0.15) is 90.9 Å². The first kappa shape index (κ1) is 25.0. The minimum atomic E-state index is -0.851.